The van der Waals surface area contributed by atoms with Crippen molar-refractivity contribution >= 4 is 34.2 Å². The van der Waals surface area contributed by atoms with Crippen LogP contribution in [-0.4, -0.2) is 35.3 Å². The minimum Gasteiger partial charge on any atom is -0.507 e. The summed E-state index contributed by atoms with van der Waals surface area (Å²) in [5.41, 5.74) is 10.4. The first kappa shape index (κ1) is 28.1. The Balaban J connectivity index is 1.71. The summed E-state index contributed by atoms with van der Waals surface area (Å²) in [6, 6.07) is 16.8. The molecule has 0 bridgehead atoms. The zero-order valence-electron chi connectivity index (χ0n) is 24.1. The van der Waals surface area contributed by atoms with Crippen molar-refractivity contribution in [3.05, 3.63) is 99.2 Å². The van der Waals surface area contributed by atoms with Crippen LogP contribution in [0.15, 0.2) is 59.5 Å². The summed E-state index contributed by atoms with van der Waals surface area (Å²) in [5, 5.41) is 15.3. The molecule has 4 aromatic rings. The second-order valence-corrected chi connectivity index (χ2v) is 11.7. The van der Waals surface area contributed by atoms with Crippen LogP contribution in [0.3, 0.4) is 0 Å². The van der Waals surface area contributed by atoms with Gasteiger partial charge < -0.3 is 19.7 Å². The molecule has 0 radical (unpaired) electrons. The first-order valence-electron chi connectivity index (χ1n) is 14.0. The maximum atomic E-state index is 13.5. The van der Waals surface area contributed by atoms with E-state index in [2.05, 4.69) is 86.1 Å². The number of fused-ring (bicyclic) bond motifs is 1. The van der Waals surface area contributed by atoms with Crippen LogP contribution in [-0.2, 0) is 17.0 Å². The molecule has 0 fully saturated rings. The molecule has 1 aromatic heterocycles. The molecule has 40 heavy (non-hydrogen) atoms. The van der Waals surface area contributed by atoms with Crippen LogP contribution in [0.2, 0.25) is 0 Å². The van der Waals surface area contributed by atoms with Gasteiger partial charge in [-0.05, 0) is 82.0 Å². The van der Waals surface area contributed by atoms with Gasteiger partial charge in [-0.15, -0.1) is 11.8 Å². The third kappa shape index (κ3) is 5.70. The molecule has 0 saturated heterocycles. The van der Waals surface area contributed by atoms with Crippen molar-refractivity contribution in [2.45, 2.75) is 58.2 Å². The summed E-state index contributed by atoms with van der Waals surface area (Å²) in [6.07, 6.45) is 2.99. The van der Waals surface area contributed by atoms with Crippen LogP contribution < -0.4 is 5.32 Å². The van der Waals surface area contributed by atoms with Gasteiger partial charge in [0.05, 0.1) is 17.7 Å². The molecule has 0 atom stereocenters. The molecule has 2 N–H and O–H groups in total. The predicted octanol–water partition coefficient (Wildman–Crippen LogP) is 7.47. The van der Waals surface area contributed by atoms with Crippen molar-refractivity contribution in [3.63, 3.8) is 0 Å². The van der Waals surface area contributed by atoms with E-state index in [4.69, 9.17) is 4.74 Å². The number of hydrogen-bond donors (Lipinski definition) is 2. The summed E-state index contributed by atoms with van der Waals surface area (Å²) >= 11 is 1.75. The molecule has 0 aliphatic carbocycles. The van der Waals surface area contributed by atoms with Crippen LogP contribution in [0, 0.1) is 27.7 Å². The molecule has 5 nitrogen and oxygen atoms in total. The molecule has 3 aromatic carbocycles. The lowest BCUT2D eigenvalue weighted by Crippen LogP contribution is -2.20. The lowest BCUT2D eigenvalue weighted by Gasteiger charge is -2.17. The van der Waals surface area contributed by atoms with Crippen LogP contribution in [0.5, 0.6) is 5.75 Å². The van der Waals surface area contributed by atoms with Crippen molar-refractivity contribution in [1.29, 1.82) is 0 Å². The summed E-state index contributed by atoms with van der Waals surface area (Å²) in [7, 11) is 0. The van der Waals surface area contributed by atoms with Crippen molar-refractivity contribution in [2.75, 3.05) is 19.7 Å². The smallest absolute Gasteiger partial charge is 0.340 e. The number of phenols is 1. The van der Waals surface area contributed by atoms with Crippen LogP contribution in [0.4, 0.5) is 0 Å². The predicted molar refractivity (Wildman–Crippen MR) is 166 cm³/mol. The Hall–Kier alpha value is -3.48. The quantitative estimate of drug-likeness (QED) is 0.175. The van der Waals surface area contributed by atoms with Gasteiger partial charge in [0, 0.05) is 40.4 Å². The summed E-state index contributed by atoms with van der Waals surface area (Å²) in [6.45, 7) is 12.9. The molecule has 0 saturated carbocycles. The average molecular weight is 555 g/mol. The molecule has 1 aliphatic rings. The highest BCUT2D eigenvalue weighted by molar-refractivity contribution is 7.98. The van der Waals surface area contributed by atoms with E-state index in [1.165, 1.54) is 27.1 Å². The van der Waals surface area contributed by atoms with E-state index >= 15 is 0 Å². The number of aromatic hydroxyl groups is 1. The van der Waals surface area contributed by atoms with Gasteiger partial charge in [-0.3, -0.25) is 0 Å². The van der Waals surface area contributed by atoms with Gasteiger partial charge in [0.15, 0.2) is 0 Å². The van der Waals surface area contributed by atoms with Gasteiger partial charge in [-0.25, -0.2) is 4.79 Å². The van der Waals surface area contributed by atoms with E-state index in [1.54, 1.807) is 17.8 Å². The number of ether oxygens (including phenoxy) is 1. The van der Waals surface area contributed by atoms with Crippen molar-refractivity contribution < 1.29 is 14.6 Å². The van der Waals surface area contributed by atoms with E-state index in [0.29, 0.717) is 17.9 Å². The zero-order chi connectivity index (χ0) is 28.4. The van der Waals surface area contributed by atoms with E-state index in [9.17, 15) is 9.90 Å². The minimum atomic E-state index is -0.351. The van der Waals surface area contributed by atoms with Gasteiger partial charge in [0.25, 0.3) is 0 Å². The minimum absolute atomic E-state index is 0.197. The van der Waals surface area contributed by atoms with Crippen molar-refractivity contribution in [3.8, 4) is 5.75 Å². The van der Waals surface area contributed by atoms with Gasteiger partial charge in [0.2, 0.25) is 0 Å². The van der Waals surface area contributed by atoms with Gasteiger partial charge in [-0.2, -0.15) is 0 Å². The van der Waals surface area contributed by atoms with Gasteiger partial charge in [0.1, 0.15) is 5.75 Å². The first-order chi connectivity index (χ1) is 19.3. The number of benzene rings is 3. The van der Waals surface area contributed by atoms with E-state index in [-0.39, 0.29) is 18.3 Å². The number of phenolic OH excluding ortho intramolecular Hbond substituents is 1. The maximum Gasteiger partial charge on any atom is 0.340 e. The Labute approximate surface area is 241 Å². The molecule has 0 spiro atoms. The van der Waals surface area contributed by atoms with Crippen molar-refractivity contribution in [1.82, 2.24) is 9.88 Å². The van der Waals surface area contributed by atoms with Gasteiger partial charge >= 0.3 is 5.97 Å². The highest BCUT2D eigenvalue weighted by Crippen LogP contribution is 2.40. The lowest BCUT2D eigenvalue weighted by atomic mass is 9.97. The van der Waals surface area contributed by atoms with E-state index < -0.39 is 0 Å². The molecule has 0 amide bonds. The van der Waals surface area contributed by atoms with Crippen LogP contribution >= 0.6 is 11.8 Å². The molecule has 6 heteroatoms. The number of carbonyl (C=O) groups is 1. The number of aromatic nitrogens is 1. The van der Waals surface area contributed by atoms with Crippen molar-refractivity contribution in [2.24, 2.45) is 0 Å². The van der Waals surface area contributed by atoms with E-state index in [1.807, 2.05) is 6.92 Å². The zero-order valence-corrected chi connectivity index (χ0v) is 24.9. The highest BCUT2D eigenvalue weighted by Gasteiger charge is 2.26. The fourth-order valence-corrected chi connectivity index (χ4v) is 6.89. The normalized spacial score (nSPS) is 13.5. The Bertz CT molecular complexity index is 1580. The van der Waals surface area contributed by atoms with Crippen LogP contribution in [0.25, 0.3) is 16.5 Å². The second-order valence-electron chi connectivity index (χ2n) is 10.7. The Morgan fingerprint density at radius 2 is 1.75 bits per heavy atom. The Kier molecular flexibility index (Phi) is 8.38. The number of hydrogen-bond acceptors (Lipinski definition) is 5. The number of thioether (sulfide) groups is 1. The largest absolute Gasteiger partial charge is 0.507 e. The summed E-state index contributed by atoms with van der Waals surface area (Å²) < 4.78 is 7.85. The molecule has 208 valence electrons. The number of rotatable bonds is 8. The topological polar surface area (TPSA) is 63.5 Å². The maximum absolute atomic E-state index is 13.5. The van der Waals surface area contributed by atoms with Gasteiger partial charge in [-0.1, -0.05) is 53.6 Å². The second kappa shape index (κ2) is 11.9. The standard InChI is InChI=1S/C34H38N2O3S/c1-6-39-34(38)32-28-18-31(37)27(26-11-13-35-14-12-26)17-29(28)36(19-25-9-7-21(2)8-10-25)30(32)20-40-33-23(4)15-22(3)16-24(33)5/h7-11,15-18,35,37H,6,12-14,19-20H2,1-5H3. The Morgan fingerprint density at radius 1 is 1.02 bits per heavy atom. The number of nitrogens with one attached hydrogen (secondary N) is 1. The number of esters is 1. The number of nitrogens with zero attached hydrogens (tertiary/aromatic N) is 1. The third-order valence-corrected chi connectivity index (χ3v) is 8.95. The number of aryl methyl sites for hydroxylation is 4. The SMILES string of the molecule is CCOC(=O)c1c(CSc2c(C)cc(C)cc2C)n(Cc2ccc(C)cc2)c2cc(C3=CCNCC3)c(O)cc12. The number of carbonyl (C=O) groups excluding carboxylic acids is 1. The molecule has 0 unspecified atom stereocenters. The first-order valence-corrected chi connectivity index (χ1v) is 15.0. The lowest BCUT2D eigenvalue weighted by molar-refractivity contribution is 0.0527. The fraction of sp³-hybridized carbons (Fsp3) is 0.324. The van der Waals surface area contributed by atoms with E-state index in [0.717, 1.165) is 52.8 Å². The summed E-state index contributed by atoms with van der Waals surface area (Å²) in [4.78, 5) is 14.8. The third-order valence-electron chi connectivity index (χ3n) is 7.60. The average Bonchev–Trinajstić information content (AvgIpc) is 3.21. The van der Waals surface area contributed by atoms with Crippen LogP contribution in [0.1, 0.15) is 62.8 Å². The molecular weight excluding hydrogens is 516 g/mol. The fourth-order valence-electron chi connectivity index (χ4n) is 5.73. The monoisotopic (exact) mass is 554 g/mol. The molecular formula is C34H38N2O3S. The molecule has 1 aliphatic heterocycles. The highest BCUT2D eigenvalue weighted by atomic mass is 32.2. The summed E-state index contributed by atoms with van der Waals surface area (Å²) in [5.74, 6) is 0.446. The molecule has 2 heterocycles. The Morgan fingerprint density at radius 3 is 2.40 bits per heavy atom. The molecule has 5 rings (SSSR count).